The second kappa shape index (κ2) is 11.3. The van der Waals surface area contributed by atoms with Crippen molar-refractivity contribution in [3.8, 4) is 0 Å². The summed E-state index contributed by atoms with van der Waals surface area (Å²) in [6.45, 7) is 1.39. The highest BCUT2D eigenvalue weighted by Gasteiger charge is 2.66. The van der Waals surface area contributed by atoms with Crippen LogP contribution in [0.5, 0.6) is 0 Å². The Balaban J connectivity index is 1.74. The Bertz CT molecular complexity index is 735. The lowest BCUT2D eigenvalue weighted by Crippen LogP contribution is -2.50. The molecule has 0 bridgehead atoms. The number of halogens is 6. The molecule has 17 heteroatoms. The molecule has 0 amide bonds. The third-order valence-corrected chi connectivity index (χ3v) is 3.72. The third-order valence-electron chi connectivity index (χ3n) is 3.72. The van der Waals surface area contributed by atoms with Gasteiger partial charge < -0.3 is 33.2 Å². The zero-order valence-corrected chi connectivity index (χ0v) is 17.4. The molecule has 0 aliphatic carbocycles. The number of hydrogen-bond donors (Lipinski definition) is 0. The molecule has 2 heterocycles. The zero-order chi connectivity index (χ0) is 25.6. The Morgan fingerprint density at radius 2 is 1.50 bits per heavy atom. The van der Waals surface area contributed by atoms with Gasteiger partial charge in [-0.3, -0.25) is 4.74 Å². The summed E-state index contributed by atoms with van der Waals surface area (Å²) >= 11 is 0. The zero-order valence-electron chi connectivity index (χ0n) is 17.4. The predicted molar refractivity (Wildman–Crippen MR) is 90.8 cm³/mol. The van der Waals surface area contributed by atoms with Gasteiger partial charge in [-0.2, -0.15) is 17.6 Å². The van der Waals surface area contributed by atoms with Crippen LogP contribution in [0.3, 0.4) is 0 Å². The molecule has 0 spiro atoms. The largest absolute Gasteiger partial charge is 0.508 e. The first-order valence-electron chi connectivity index (χ1n) is 9.39. The molecule has 11 nitrogen and oxygen atoms in total. The summed E-state index contributed by atoms with van der Waals surface area (Å²) in [5.41, 5.74) is 0. The second-order valence-electron chi connectivity index (χ2n) is 6.82. The lowest BCUT2D eigenvalue weighted by atomic mass is 10.4. The summed E-state index contributed by atoms with van der Waals surface area (Å²) in [5.74, 6) is -1.07. The van der Waals surface area contributed by atoms with Gasteiger partial charge in [-0.25, -0.2) is 14.3 Å². The molecule has 2 aliphatic rings. The molecule has 196 valence electrons. The first-order valence-corrected chi connectivity index (χ1v) is 9.39. The van der Waals surface area contributed by atoms with Gasteiger partial charge in [0.2, 0.25) is 0 Å². The molecule has 34 heavy (non-hydrogen) atoms. The number of carbonyl (C=O) groups excluding carboxylic acids is 2. The molecule has 2 fully saturated rings. The van der Waals surface area contributed by atoms with E-state index in [2.05, 4.69) is 39.7 Å². The lowest BCUT2D eigenvalue weighted by Gasteiger charge is -2.30. The van der Waals surface area contributed by atoms with Crippen molar-refractivity contribution >= 4 is 12.3 Å². The van der Waals surface area contributed by atoms with Crippen molar-refractivity contribution in [2.24, 2.45) is 0 Å². The Morgan fingerprint density at radius 3 is 2.00 bits per heavy atom. The van der Waals surface area contributed by atoms with E-state index in [9.17, 15) is 35.9 Å². The average Bonchev–Trinajstić information content (AvgIpc) is 3.27. The average molecular weight is 514 g/mol. The first-order chi connectivity index (χ1) is 15.7. The van der Waals surface area contributed by atoms with E-state index < -0.39 is 68.1 Å². The summed E-state index contributed by atoms with van der Waals surface area (Å²) in [6, 6.07) is 0. The number of cyclic esters (lactones) is 4. The van der Waals surface area contributed by atoms with Crippen LogP contribution in [0.4, 0.5) is 35.9 Å². The summed E-state index contributed by atoms with van der Waals surface area (Å²) in [5, 5.41) is 0. The maximum Gasteiger partial charge on any atom is 0.508 e. The Hall–Kier alpha value is -2.50. The molecule has 0 aromatic heterocycles. The maximum absolute atomic E-state index is 13.7. The van der Waals surface area contributed by atoms with Crippen LogP contribution in [0.15, 0.2) is 12.3 Å². The van der Waals surface area contributed by atoms with Crippen molar-refractivity contribution < 1.29 is 78.6 Å². The summed E-state index contributed by atoms with van der Waals surface area (Å²) in [7, 11) is 0. The fourth-order valence-electron chi connectivity index (χ4n) is 2.34. The molecule has 0 saturated carbocycles. The predicted octanol–water partition coefficient (Wildman–Crippen LogP) is 2.78. The molecule has 3 unspecified atom stereocenters. The van der Waals surface area contributed by atoms with Gasteiger partial charge in [-0.05, 0) is 6.92 Å². The number of rotatable bonds is 15. The van der Waals surface area contributed by atoms with Crippen molar-refractivity contribution in [1.29, 1.82) is 0 Å². The van der Waals surface area contributed by atoms with Gasteiger partial charge in [0.15, 0.2) is 12.2 Å². The first kappa shape index (κ1) is 27.7. The number of ether oxygens (including phenoxy) is 9. The van der Waals surface area contributed by atoms with Gasteiger partial charge in [-0.15, -0.1) is 8.78 Å². The smallest absolute Gasteiger partial charge is 0.430 e. The molecule has 3 atom stereocenters. The minimum atomic E-state index is -5.87. The molecule has 0 N–H and O–H groups in total. The van der Waals surface area contributed by atoms with Gasteiger partial charge in [-0.1, -0.05) is 6.58 Å². The van der Waals surface area contributed by atoms with Crippen LogP contribution in [-0.4, -0.2) is 88.8 Å². The molecule has 0 radical (unpaired) electrons. The van der Waals surface area contributed by atoms with Gasteiger partial charge in [0.25, 0.3) is 0 Å². The van der Waals surface area contributed by atoms with Gasteiger partial charge in [0.1, 0.15) is 25.6 Å². The Morgan fingerprint density at radius 1 is 0.971 bits per heavy atom. The molecular formula is C17H20F6O11. The van der Waals surface area contributed by atoms with E-state index in [1.54, 1.807) is 0 Å². The SMILES string of the molecule is C=C(COCC1COC(=O)O1)OC(F)(F)C(F)(F)OC(F)(F)OC(C)COCC1COC(=O)O1. The van der Waals surface area contributed by atoms with Crippen LogP contribution in [0.1, 0.15) is 6.92 Å². The van der Waals surface area contributed by atoms with Crippen LogP contribution in [-0.2, 0) is 42.6 Å². The lowest BCUT2D eigenvalue weighted by molar-refractivity contribution is -0.527. The fourth-order valence-corrected chi connectivity index (χ4v) is 2.34. The van der Waals surface area contributed by atoms with E-state index in [1.807, 2.05) is 0 Å². The number of hydrogen-bond acceptors (Lipinski definition) is 11. The van der Waals surface area contributed by atoms with Gasteiger partial charge >= 0.3 is 30.8 Å². The Labute approximate surface area is 187 Å². The van der Waals surface area contributed by atoms with Crippen molar-refractivity contribution in [2.75, 3.05) is 39.6 Å². The van der Waals surface area contributed by atoms with E-state index in [-0.39, 0.29) is 26.4 Å². The highest BCUT2D eigenvalue weighted by Crippen LogP contribution is 2.42. The summed E-state index contributed by atoms with van der Waals surface area (Å²) in [6.07, 6.45) is -21.9. The van der Waals surface area contributed by atoms with E-state index in [0.29, 0.717) is 0 Å². The summed E-state index contributed by atoms with van der Waals surface area (Å²) in [4.78, 5) is 21.4. The van der Waals surface area contributed by atoms with Gasteiger partial charge in [0.05, 0.1) is 25.9 Å². The molecule has 0 aromatic carbocycles. The van der Waals surface area contributed by atoms with Gasteiger partial charge in [0, 0.05) is 0 Å². The van der Waals surface area contributed by atoms with Crippen molar-refractivity contribution in [3.63, 3.8) is 0 Å². The number of carbonyl (C=O) groups is 2. The van der Waals surface area contributed by atoms with Crippen LogP contribution < -0.4 is 0 Å². The second-order valence-corrected chi connectivity index (χ2v) is 6.82. The van der Waals surface area contributed by atoms with Crippen LogP contribution >= 0.6 is 0 Å². The Kier molecular flexibility index (Phi) is 9.21. The molecule has 0 aromatic rings. The highest BCUT2D eigenvalue weighted by atomic mass is 19.3. The van der Waals surface area contributed by atoms with E-state index >= 15 is 0 Å². The third kappa shape index (κ3) is 8.69. The fraction of sp³-hybridized carbons (Fsp3) is 0.765. The van der Waals surface area contributed by atoms with Crippen molar-refractivity contribution in [1.82, 2.24) is 0 Å². The molecule has 2 saturated heterocycles. The van der Waals surface area contributed by atoms with E-state index in [0.717, 1.165) is 6.92 Å². The summed E-state index contributed by atoms with van der Waals surface area (Å²) < 4.78 is 120. The number of alkyl halides is 6. The minimum Gasteiger partial charge on any atom is -0.430 e. The van der Waals surface area contributed by atoms with Crippen molar-refractivity contribution in [2.45, 2.75) is 43.7 Å². The monoisotopic (exact) mass is 514 g/mol. The molecular weight excluding hydrogens is 494 g/mol. The standard InChI is InChI=1S/C17H20F6O11/c1-9(3-26-5-11-7-28-13(24)30-11)32-15(18,19)16(20,21)34-17(22,23)33-10(2)4-27-6-12-8-29-14(25)31-12/h10-12H,1,3-8H2,2H3. The van der Waals surface area contributed by atoms with Crippen LogP contribution in [0.25, 0.3) is 0 Å². The maximum atomic E-state index is 13.7. The van der Waals surface area contributed by atoms with E-state index in [4.69, 9.17) is 9.47 Å². The normalized spacial score (nSPS) is 22.0. The highest BCUT2D eigenvalue weighted by molar-refractivity contribution is 5.62. The quantitative estimate of drug-likeness (QED) is 0.139. The molecule has 2 rings (SSSR count). The topological polar surface area (TPSA) is 117 Å². The van der Waals surface area contributed by atoms with Crippen LogP contribution in [0, 0.1) is 0 Å². The van der Waals surface area contributed by atoms with Crippen molar-refractivity contribution in [3.05, 3.63) is 12.3 Å². The minimum absolute atomic E-state index is 0.145. The molecule has 2 aliphatic heterocycles. The van der Waals surface area contributed by atoms with E-state index in [1.165, 1.54) is 0 Å². The van der Waals surface area contributed by atoms with Crippen LogP contribution in [0.2, 0.25) is 0 Å².